The highest BCUT2D eigenvalue weighted by molar-refractivity contribution is 7.89. The van der Waals surface area contributed by atoms with E-state index >= 15 is 0 Å². The lowest BCUT2D eigenvalue weighted by Crippen LogP contribution is -2.16. The minimum Gasteiger partial charge on any atom is -0.384 e. The van der Waals surface area contributed by atoms with Crippen molar-refractivity contribution in [1.29, 1.82) is 0 Å². The molecule has 0 radical (unpaired) electrons. The summed E-state index contributed by atoms with van der Waals surface area (Å²) < 4.78 is 4.32. The van der Waals surface area contributed by atoms with Gasteiger partial charge in [0.15, 0.2) is 0 Å². The van der Waals surface area contributed by atoms with Gasteiger partial charge in [0.2, 0.25) is 0 Å². The molecule has 10 heavy (non-hydrogen) atoms. The van der Waals surface area contributed by atoms with Crippen LogP contribution in [-0.2, 0) is 0 Å². The normalized spacial score (nSPS) is 14.6. The fourth-order valence-electron chi connectivity index (χ4n) is 0.980. The van der Waals surface area contributed by atoms with Gasteiger partial charge in [0.05, 0.1) is 0 Å². The summed E-state index contributed by atoms with van der Waals surface area (Å²) in [4.78, 5) is 0. The Labute approximate surface area is 62.5 Å². The van der Waals surface area contributed by atoms with Gasteiger partial charge >= 0.3 is 0 Å². The third-order valence-corrected chi connectivity index (χ3v) is 2.47. The molecule has 3 N–H and O–H groups in total. The second kappa shape index (κ2) is 2.02. The number of thiol groups is 1. The molecule has 1 aromatic rings. The first kappa shape index (κ1) is 5.80. The van der Waals surface area contributed by atoms with Crippen molar-refractivity contribution < 1.29 is 0 Å². The summed E-state index contributed by atoms with van der Waals surface area (Å²) in [6.07, 6.45) is 0. The highest BCUT2D eigenvalue weighted by Crippen LogP contribution is 1.97. The lowest BCUT2D eigenvalue weighted by Gasteiger charge is -1.89. The number of fused-ring (bicyclic) bond motifs is 1. The van der Waals surface area contributed by atoms with Crippen LogP contribution in [0.2, 0.25) is 0 Å². The van der Waals surface area contributed by atoms with Crippen molar-refractivity contribution in [2.75, 3.05) is 0 Å². The van der Waals surface area contributed by atoms with E-state index in [0.29, 0.717) is 0 Å². The van der Waals surface area contributed by atoms with Crippen LogP contribution in [0.4, 0.5) is 0 Å². The Morgan fingerprint density at radius 2 is 2.10 bits per heavy atom. The van der Waals surface area contributed by atoms with Crippen LogP contribution >= 0.6 is 11.5 Å². The SMILES string of the molecule is NC1=c2ccccc2=[SH]N1. The first-order valence-corrected chi connectivity index (χ1v) is 3.96. The van der Waals surface area contributed by atoms with E-state index in [1.54, 1.807) is 0 Å². The molecule has 0 saturated carbocycles. The summed E-state index contributed by atoms with van der Waals surface area (Å²) >= 11 is 1.11. The van der Waals surface area contributed by atoms with Crippen molar-refractivity contribution in [3.63, 3.8) is 0 Å². The van der Waals surface area contributed by atoms with E-state index in [-0.39, 0.29) is 0 Å². The third kappa shape index (κ3) is 0.708. The number of hydrogen-bond donors (Lipinski definition) is 3. The molecule has 3 heteroatoms. The molecule has 0 amide bonds. The predicted molar refractivity (Wildman–Crippen MR) is 44.6 cm³/mol. The van der Waals surface area contributed by atoms with Gasteiger partial charge in [-0.05, 0) is 6.07 Å². The second-order valence-corrected chi connectivity index (χ2v) is 3.08. The summed E-state index contributed by atoms with van der Waals surface area (Å²) in [5, 5.41) is 1.14. The molecular formula is C7H8N2S. The standard InChI is InChI=1S/C7H8N2S/c8-7-5-3-1-2-4-6(5)10-9-7/h1-4,9-10H,8H2. The van der Waals surface area contributed by atoms with Crippen LogP contribution in [0.15, 0.2) is 24.3 Å². The summed E-state index contributed by atoms with van der Waals surface area (Å²) in [5.41, 5.74) is 5.64. The lowest BCUT2D eigenvalue weighted by atomic mass is 10.3. The zero-order valence-corrected chi connectivity index (χ0v) is 6.23. The summed E-state index contributed by atoms with van der Waals surface area (Å²) in [5.74, 6) is 0.789. The molecule has 0 bridgehead atoms. The Bertz CT molecular complexity index is 369. The molecule has 0 saturated heterocycles. The predicted octanol–water partition coefficient (Wildman–Crippen LogP) is -0.0544. The molecule has 1 aromatic carbocycles. The zero-order chi connectivity index (χ0) is 6.97. The highest BCUT2D eigenvalue weighted by Gasteiger charge is 1.95. The average molecular weight is 152 g/mol. The number of rotatable bonds is 0. The number of nitrogens with two attached hydrogens (primary N) is 1. The van der Waals surface area contributed by atoms with Gasteiger partial charge in [-0.3, -0.25) is 0 Å². The van der Waals surface area contributed by atoms with E-state index < -0.39 is 0 Å². The maximum atomic E-state index is 5.64. The van der Waals surface area contributed by atoms with Crippen molar-refractivity contribution in [3.05, 3.63) is 34.0 Å². The molecule has 0 unspecified atom stereocenters. The van der Waals surface area contributed by atoms with Crippen molar-refractivity contribution in [3.8, 4) is 0 Å². The maximum Gasteiger partial charge on any atom is 0.114 e. The molecule has 52 valence electrons. The van der Waals surface area contributed by atoms with Gasteiger partial charge in [-0.1, -0.05) is 18.2 Å². The quantitative estimate of drug-likeness (QED) is 0.360. The van der Waals surface area contributed by atoms with Crippen LogP contribution in [0.1, 0.15) is 0 Å². The van der Waals surface area contributed by atoms with Crippen LogP contribution in [-0.4, -0.2) is 0 Å². The molecule has 0 spiro atoms. The van der Waals surface area contributed by atoms with Gasteiger partial charge in [-0.25, -0.2) is 0 Å². The summed E-state index contributed by atoms with van der Waals surface area (Å²) in [6.45, 7) is 0. The van der Waals surface area contributed by atoms with Crippen LogP contribution in [0.3, 0.4) is 0 Å². The number of hydrogen-bond acceptors (Lipinski definition) is 2. The maximum absolute atomic E-state index is 5.64. The molecule has 1 heterocycles. The highest BCUT2D eigenvalue weighted by atomic mass is 32.1. The Morgan fingerprint density at radius 1 is 1.30 bits per heavy atom. The summed E-state index contributed by atoms with van der Waals surface area (Å²) in [6, 6.07) is 8.11. The van der Waals surface area contributed by atoms with E-state index in [1.165, 1.54) is 4.51 Å². The molecular weight excluding hydrogens is 144 g/mol. The van der Waals surface area contributed by atoms with Crippen molar-refractivity contribution >= 4 is 17.4 Å². The zero-order valence-electron chi connectivity index (χ0n) is 5.33. The Hall–Kier alpha value is -0.960. The Balaban J connectivity index is 2.96. The minimum absolute atomic E-state index is 0.789. The van der Waals surface area contributed by atoms with Crippen LogP contribution in [0.25, 0.3) is 5.82 Å². The first-order valence-electron chi connectivity index (χ1n) is 3.06. The van der Waals surface area contributed by atoms with Crippen LogP contribution in [0.5, 0.6) is 0 Å². The van der Waals surface area contributed by atoms with E-state index in [1.807, 2.05) is 18.2 Å². The van der Waals surface area contributed by atoms with Gasteiger partial charge in [-0.2, -0.15) is 0 Å². The van der Waals surface area contributed by atoms with Gasteiger partial charge in [0, 0.05) is 9.73 Å². The molecule has 0 fully saturated rings. The molecule has 2 nitrogen and oxygen atoms in total. The second-order valence-electron chi connectivity index (χ2n) is 2.15. The monoisotopic (exact) mass is 152 g/mol. The Morgan fingerprint density at radius 3 is 2.90 bits per heavy atom. The van der Waals surface area contributed by atoms with Crippen LogP contribution in [0, 0.1) is 4.51 Å². The van der Waals surface area contributed by atoms with E-state index in [0.717, 1.165) is 22.6 Å². The third-order valence-electron chi connectivity index (χ3n) is 1.49. The molecule has 0 aromatic heterocycles. The van der Waals surface area contributed by atoms with Gasteiger partial charge in [0.1, 0.15) is 5.82 Å². The molecule has 1 aliphatic heterocycles. The molecule has 0 atom stereocenters. The topological polar surface area (TPSA) is 38.0 Å². The Kier molecular flexibility index (Phi) is 1.17. The van der Waals surface area contributed by atoms with Gasteiger partial charge in [0.25, 0.3) is 0 Å². The molecule has 0 aliphatic carbocycles. The van der Waals surface area contributed by atoms with E-state index in [4.69, 9.17) is 5.73 Å². The van der Waals surface area contributed by atoms with E-state index in [9.17, 15) is 0 Å². The lowest BCUT2D eigenvalue weighted by molar-refractivity contribution is 1.33. The smallest absolute Gasteiger partial charge is 0.114 e. The minimum atomic E-state index is 0.789. The first-order chi connectivity index (χ1) is 4.88. The molecule has 1 aliphatic rings. The van der Waals surface area contributed by atoms with Gasteiger partial charge < -0.3 is 10.5 Å². The van der Waals surface area contributed by atoms with E-state index in [2.05, 4.69) is 10.8 Å². The van der Waals surface area contributed by atoms with Crippen molar-refractivity contribution in [1.82, 2.24) is 4.72 Å². The fraction of sp³-hybridized carbons (Fsp3) is 0. The fourth-order valence-corrected chi connectivity index (χ4v) is 1.82. The largest absolute Gasteiger partial charge is 0.384 e. The average Bonchev–Trinajstić information content (AvgIpc) is 2.34. The van der Waals surface area contributed by atoms with Crippen molar-refractivity contribution in [2.45, 2.75) is 0 Å². The summed E-state index contributed by atoms with van der Waals surface area (Å²) in [7, 11) is 0. The number of nitrogens with one attached hydrogen (secondary N) is 1. The molecule has 2 rings (SSSR count). The number of benzene rings is 1. The van der Waals surface area contributed by atoms with Gasteiger partial charge in [-0.15, -0.1) is 11.5 Å². The van der Waals surface area contributed by atoms with Crippen molar-refractivity contribution in [2.24, 2.45) is 5.73 Å². The van der Waals surface area contributed by atoms with Crippen LogP contribution < -0.4 is 15.7 Å².